The fourth-order valence-corrected chi connectivity index (χ4v) is 1.35. The van der Waals surface area contributed by atoms with Crippen molar-refractivity contribution in [1.29, 1.82) is 0 Å². The minimum absolute atomic E-state index is 0.363. The number of rotatable bonds is 6. The zero-order chi connectivity index (χ0) is 8.69. The van der Waals surface area contributed by atoms with Gasteiger partial charge in [0.05, 0.1) is 0 Å². The Kier molecular flexibility index (Phi) is 6.57. The van der Waals surface area contributed by atoms with Crippen molar-refractivity contribution in [2.75, 3.05) is 0 Å². The van der Waals surface area contributed by atoms with E-state index in [0.29, 0.717) is 6.04 Å². The van der Waals surface area contributed by atoms with E-state index in [-0.39, 0.29) is 6.23 Å². The van der Waals surface area contributed by atoms with Crippen LogP contribution >= 0.6 is 0 Å². The maximum absolute atomic E-state index is 9.06. The summed E-state index contributed by atoms with van der Waals surface area (Å²) in [5, 5.41) is 12.2. The van der Waals surface area contributed by atoms with Crippen LogP contribution in [0.1, 0.15) is 46.5 Å². The summed E-state index contributed by atoms with van der Waals surface area (Å²) in [4.78, 5) is 0. The van der Waals surface area contributed by atoms with E-state index in [2.05, 4.69) is 19.2 Å². The summed E-state index contributed by atoms with van der Waals surface area (Å²) in [5.41, 5.74) is 0. The van der Waals surface area contributed by atoms with Crippen LogP contribution < -0.4 is 5.32 Å². The van der Waals surface area contributed by atoms with Crippen molar-refractivity contribution in [1.82, 2.24) is 5.32 Å². The van der Waals surface area contributed by atoms with E-state index in [1.54, 1.807) is 6.92 Å². The highest BCUT2D eigenvalue weighted by atomic mass is 16.3. The van der Waals surface area contributed by atoms with Crippen molar-refractivity contribution in [3.63, 3.8) is 0 Å². The molecule has 0 radical (unpaired) electrons. The van der Waals surface area contributed by atoms with Crippen LogP contribution in [0.25, 0.3) is 0 Å². The number of aliphatic hydroxyl groups is 1. The van der Waals surface area contributed by atoms with Gasteiger partial charge < -0.3 is 5.11 Å². The second-order valence-electron chi connectivity index (χ2n) is 3.12. The molecule has 0 fully saturated rings. The average Bonchev–Trinajstić information content (AvgIpc) is 1.87. The molecule has 0 aliphatic rings. The van der Waals surface area contributed by atoms with Crippen molar-refractivity contribution < 1.29 is 5.11 Å². The van der Waals surface area contributed by atoms with Gasteiger partial charge in [0.25, 0.3) is 0 Å². The number of hydrogen-bond acceptors (Lipinski definition) is 2. The second-order valence-corrected chi connectivity index (χ2v) is 3.12. The van der Waals surface area contributed by atoms with Crippen molar-refractivity contribution in [3.8, 4) is 0 Å². The van der Waals surface area contributed by atoms with Crippen LogP contribution in [-0.4, -0.2) is 17.4 Å². The Morgan fingerprint density at radius 1 is 1.18 bits per heavy atom. The Morgan fingerprint density at radius 3 is 1.91 bits per heavy atom. The molecule has 68 valence electrons. The van der Waals surface area contributed by atoms with Gasteiger partial charge in [-0.3, -0.25) is 5.32 Å². The van der Waals surface area contributed by atoms with Crippen molar-refractivity contribution in [2.45, 2.75) is 58.7 Å². The molecule has 1 atom stereocenters. The van der Waals surface area contributed by atoms with Crippen LogP contribution in [0.3, 0.4) is 0 Å². The fourth-order valence-electron chi connectivity index (χ4n) is 1.35. The number of hydrogen-bond donors (Lipinski definition) is 2. The van der Waals surface area contributed by atoms with Crippen LogP contribution in [0, 0.1) is 0 Å². The molecular formula is C9H21NO. The van der Waals surface area contributed by atoms with E-state index in [1.807, 2.05) is 0 Å². The molecule has 0 aliphatic heterocycles. The molecule has 0 aromatic heterocycles. The maximum Gasteiger partial charge on any atom is 0.102 e. The normalized spacial score (nSPS) is 13.9. The standard InChI is InChI=1S/C9H21NO/c1-4-6-9(7-5-2)10-8(3)11/h8-11H,4-7H2,1-3H3. The first-order valence-corrected chi connectivity index (χ1v) is 4.64. The minimum atomic E-state index is -0.363. The molecule has 0 spiro atoms. The lowest BCUT2D eigenvalue weighted by Gasteiger charge is -2.18. The first-order chi connectivity index (χ1) is 5.20. The summed E-state index contributed by atoms with van der Waals surface area (Å²) >= 11 is 0. The van der Waals surface area contributed by atoms with E-state index in [9.17, 15) is 0 Å². The summed E-state index contributed by atoms with van der Waals surface area (Å²) in [6, 6.07) is 0.505. The van der Waals surface area contributed by atoms with Gasteiger partial charge in [0.2, 0.25) is 0 Å². The van der Waals surface area contributed by atoms with Gasteiger partial charge in [-0.1, -0.05) is 26.7 Å². The lowest BCUT2D eigenvalue weighted by molar-refractivity contribution is 0.135. The predicted molar refractivity (Wildman–Crippen MR) is 48.4 cm³/mol. The lowest BCUT2D eigenvalue weighted by atomic mass is 10.1. The molecule has 2 nitrogen and oxygen atoms in total. The van der Waals surface area contributed by atoms with E-state index >= 15 is 0 Å². The molecule has 0 bridgehead atoms. The van der Waals surface area contributed by atoms with Gasteiger partial charge in [-0.15, -0.1) is 0 Å². The Balaban J connectivity index is 3.50. The fraction of sp³-hybridized carbons (Fsp3) is 1.00. The summed E-state index contributed by atoms with van der Waals surface area (Å²) < 4.78 is 0. The lowest BCUT2D eigenvalue weighted by Crippen LogP contribution is -2.36. The Labute approximate surface area is 70.0 Å². The van der Waals surface area contributed by atoms with Crippen LogP contribution in [0.15, 0.2) is 0 Å². The molecule has 0 rings (SSSR count). The molecule has 0 aromatic carbocycles. The zero-order valence-electron chi connectivity index (χ0n) is 7.93. The third-order valence-corrected chi connectivity index (χ3v) is 1.75. The summed E-state index contributed by atoms with van der Waals surface area (Å²) in [5.74, 6) is 0. The van der Waals surface area contributed by atoms with Gasteiger partial charge in [0, 0.05) is 6.04 Å². The summed E-state index contributed by atoms with van der Waals surface area (Å²) in [7, 11) is 0. The number of nitrogens with one attached hydrogen (secondary N) is 1. The predicted octanol–water partition coefficient (Wildman–Crippen LogP) is 1.88. The van der Waals surface area contributed by atoms with Gasteiger partial charge in [0.1, 0.15) is 6.23 Å². The van der Waals surface area contributed by atoms with Crippen molar-refractivity contribution >= 4 is 0 Å². The molecule has 0 aliphatic carbocycles. The van der Waals surface area contributed by atoms with Gasteiger partial charge >= 0.3 is 0 Å². The van der Waals surface area contributed by atoms with E-state index in [1.165, 1.54) is 25.7 Å². The maximum atomic E-state index is 9.06. The van der Waals surface area contributed by atoms with Crippen LogP contribution in [0.4, 0.5) is 0 Å². The Bertz CT molecular complexity index is 77.6. The molecule has 1 unspecified atom stereocenters. The monoisotopic (exact) mass is 159 g/mol. The van der Waals surface area contributed by atoms with Gasteiger partial charge in [-0.2, -0.15) is 0 Å². The third kappa shape index (κ3) is 6.32. The molecular weight excluding hydrogens is 138 g/mol. The van der Waals surface area contributed by atoms with Crippen molar-refractivity contribution in [2.24, 2.45) is 0 Å². The largest absolute Gasteiger partial charge is 0.379 e. The molecule has 2 N–H and O–H groups in total. The summed E-state index contributed by atoms with van der Waals surface area (Å²) in [6.07, 6.45) is 4.34. The molecule has 2 heteroatoms. The minimum Gasteiger partial charge on any atom is -0.379 e. The average molecular weight is 159 g/mol. The smallest absolute Gasteiger partial charge is 0.102 e. The molecule has 0 amide bonds. The molecule has 0 saturated heterocycles. The van der Waals surface area contributed by atoms with Gasteiger partial charge in [0.15, 0.2) is 0 Å². The molecule has 0 saturated carbocycles. The van der Waals surface area contributed by atoms with E-state index in [0.717, 1.165) is 0 Å². The zero-order valence-corrected chi connectivity index (χ0v) is 7.93. The highest BCUT2D eigenvalue weighted by Gasteiger charge is 2.07. The quantitative estimate of drug-likeness (QED) is 0.580. The van der Waals surface area contributed by atoms with Crippen LogP contribution in [0.2, 0.25) is 0 Å². The van der Waals surface area contributed by atoms with Crippen LogP contribution in [-0.2, 0) is 0 Å². The molecule has 0 heterocycles. The van der Waals surface area contributed by atoms with Crippen molar-refractivity contribution in [3.05, 3.63) is 0 Å². The first-order valence-electron chi connectivity index (χ1n) is 4.64. The number of aliphatic hydroxyl groups excluding tert-OH is 1. The third-order valence-electron chi connectivity index (χ3n) is 1.75. The Hall–Kier alpha value is -0.0800. The summed E-state index contributed by atoms with van der Waals surface area (Å²) in [6.45, 7) is 6.12. The SMILES string of the molecule is CCCC(CCC)NC(C)O. The van der Waals surface area contributed by atoms with E-state index in [4.69, 9.17) is 5.11 Å². The second kappa shape index (κ2) is 6.62. The van der Waals surface area contributed by atoms with Crippen LogP contribution in [0.5, 0.6) is 0 Å². The molecule has 0 aromatic rings. The highest BCUT2D eigenvalue weighted by Crippen LogP contribution is 2.04. The topological polar surface area (TPSA) is 32.3 Å². The van der Waals surface area contributed by atoms with Gasteiger partial charge in [-0.05, 0) is 19.8 Å². The van der Waals surface area contributed by atoms with E-state index < -0.39 is 0 Å². The van der Waals surface area contributed by atoms with Gasteiger partial charge in [-0.25, -0.2) is 0 Å². The highest BCUT2D eigenvalue weighted by molar-refractivity contribution is 4.65. The Morgan fingerprint density at radius 2 is 1.64 bits per heavy atom. The first kappa shape index (κ1) is 10.9. The molecule has 11 heavy (non-hydrogen) atoms.